The summed E-state index contributed by atoms with van der Waals surface area (Å²) in [5.74, 6) is 0.833. The molecule has 0 aliphatic carbocycles. The summed E-state index contributed by atoms with van der Waals surface area (Å²) in [6.45, 7) is 2.10. The zero-order chi connectivity index (χ0) is 12.3. The summed E-state index contributed by atoms with van der Waals surface area (Å²) in [5, 5.41) is 12.8. The van der Waals surface area contributed by atoms with E-state index < -0.39 is 0 Å². The first-order chi connectivity index (χ1) is 8.19. The minimum Gasteiger partial charge on any atom is -0.226 e. The van der Waals surface area contributed by atoms with Gasteiger partial charge in [0.2, 0.25) is 5.16 Å². The van der Waals surface area contributed by atoms with Crippen LogP contribution < -0.4 is 0 Å². The number of halogens is 1. The molecule has 0 spiro atoms. The number of aryl methyl sites for hydroxylation is 2. The van der Waals surface area contributed by atoms with Gasteiger partial charge in [0.1, 0.15) is 15.5 Å². The van der Waals surface area contributed by atoms with Crippen LogP contribution in [0.3, 0.4) is 0 Å². The number of hydrogen-bond donors (Lipinski definition) is 0. The van der Waals surface area contributed by atoms with Gasteiger partial charge < -0.3 is 0 Å². The second-order valence-corrected chi connectivity index (χ2v) is 5.18. The Kier molecular flexibility index (Phi) is 4.06. The SMILES string of the molecule is CCCc1nc(Br)cc(Sc2nnnn2C)n1. The maximum atomic E-state index is 4.45. The highest BCUT2D eigenvalue weighted by molar-refractivity contribution is 9.10. The van der Waals surface area contributed by atoms with E-state index in [-0.39, 0.29) is 0 Å². The van der Waals surface area contributed by atoms with Gasteiger partial charge in [0.05, 0.1) is 0 Å². The predicted octanol–water partition coefficient (Wildman–Crippen LogP) is 1.87. The summed E-state index contributed by atoms with van der Waals surface area (Å²) in [4.78, 5) is 8.76. The van der Waals surface area contributed by atoms with Gasteiger partial charge in [-0.2, -0.15) is 0 Å². The number of hydrogen-bond acceptors (Lipinski definition) is 6. The van der Waals surface area contributed by atoms with E-state index >= 15 is 0 Å². The Labute approximate surface area is 111 Å². The third-order valence-electron chi connectivity index (χ3n) is 1.97. The highest BCUT2D eigenvalue weighted by atomic mass is 79.9. The van der Waals surface area contributed by atoms with Gasteiger partial charge in [-0.1, -0.05) is 6.92 Å². The van der Waals surface area contributed by atoms with Crippen LogP contribution in [0.5, 0.6) is 0 Å². The van der Waals surface area contributed by atoms with Gasteiger partial charge in [-0.15, -0.1) is 5.10 Å². The van der Waals surface area contributed by atoms with E-state index in [2.05, 4.69) is 48.3 Å². The lowest BCUT2D eigenvalue weighted by molar-refractivity contribution is 0.664. The van der Waals surface area contributed by atoms with Crippen LogP contribution in [0.1, 0.15) is 19.2 Å². The van der Waals surface area contributed by atoms with E-state index in [1.165, 1.54) is 11.8 Å². The summed E-state index contributed by atoms with van der Waals surface area (Å²) in [6.07, 6.45) is 1.89. The molecule has 0 N–H and O–H groups in total. The second-order valence-electron chi connectivity index (χ2n) is 3.38. The van der Waals surface area contributed by atoms with Crippen molar-refractivity contribution in [3.05, 3.63) is 16.5 Å². The standard InChI is InChI=1S/C9H11BrN6S/c1-3-4-7-11-6(10)5-8(12-7)17-9-13-14-15-16(9)2/h5H,3-4H2,1-2H3. The van der Waals surface area contributed by atoms with Crippen LogP contribution in [0.25, 0.3) is 0 Å². The molecule has 2 aromatic heterocycles. The second kappa shape index (κ2) is 5.54. The third kappa shape index (κ3) is 3.22. The lowest BCUT2D eigenvalue weighted by Gasteiger charge is -2.03. The Balaban J connectivity index is 2.23. The molecule has 2 rings (SSSR count). The third-order valence-corrected chi connectivity index (χ3v) is 3.32. The summed E-state index contributed by atoms with van der Waals surface area (Å²) < 4.78 is 2.40. The maximum absolute atomic E-state index is 4.45. The molecule has 17 heavy (non-hydrogen) atoms. The molecular formula is C9H11BrN6S. The van der Waals surface area contributed by atoms with Crippen LogP contribution in [0, 0.1) is 0 Å². The van der Waals surface area contributed by atoms with E-state index in [0.29, 0.717) is 5.16 Å². The van der Waals surface area contributed by atoms with Gasteiger partial charge in [-0.05, 0) is 44.5 Å². The molecule has 0 radical (unpaired) electrons. The van der Waals surface area contributed by atoms with Gasteiger partial charge in [-0.3, -0.25) is 0 Å². The van der Waals surface area contributed by atoms with Crippen LogP contribution in [0.4, 0.5) is 0 Å². The molecule has 6 nitrogen and oxygen atoms in total. The minimum atomic E-state index is 0.707. The molecular weight excluding hydrogens is 304 g/mol. The minimum absolute atomic E-state index is 0.707. The van der Waals surface area contributed by atoms with Crippen molar-refractivity contribution in [1.29, 1.82) is 0 Å². The first kappa shape index (κ1) is 12.4. The van der Waals surface area contributed by atoms with Crippen molar-refractivity contribution >= 4 is 27.7 Å². The van der Waals surface area contributed by atoms with Crippen molar-refractivity contribution in [3.8, 4) is 0 Å². The first-order valence-corrected chi connectivity index (χ1v) is 6.73. The molecule has 0 bridgehead atoms. The molecule has 0 aliphatic rings. The Hall–Kier alpha value is -1.02. The van der Waals surface area contributed by atoms with E-state index in [0.717, 1.165) is 28.3 Å². The van der Waals surface area contributed by atoms with E-state index in [1.54, 1.807) is 11.7 Å². The van der Waals surface area contributed by atoms with Gasteiger partial charge in [0.15, 0.2) is 0 Å². The molecule has 0 saturated heterocycles. The Bertz CT molecular complexity index is 514. The monoisotopic (exact) mass is 314 g/mol. The first-order valence-electron chi connectivity index (χ1n) is 5.12. The fourth-order valence-electron chi connectivity index (χ4n) is 1.23. The van der Waals surface area contributed by atoms with Crippen molar-refractivity contribution in [2.75, 3.05) is 0 Å². The molecule has 8 heteroatoms. The molecule has 0 aromatic carbocycles. The maximum Gasteiger partial charge on any atom is 0.215 e. The van der Waals surface area contributed by atoms with Gasteiger partial charge >= 0.3 is 0 Å². The van der Waals surface area contributed by atoms with Crippen molar-refractivity contribution in [2.45, 2.75) is 29.9 Å². The summed E-state index contributed by atoms with van der Waals surface area (Å²) in [6, 6.07) is 1.86. The highest BCUT2D eigenvalue weighted by Crippen LogP contribution is 2.25. The molecule has 0 unspecified atom stereocenters. The number of aromatic nitrogens is 6. The molecule has 0 saturated carbocycles. The average Bonchev–Trinajstić information content (AvgIpc) is 2.64. The van der Waals surface area contributed by atoms with E-state index in [9.17, 15) is 0 Å². The average molecular weight is 315 g/mol. The van der Waals surface area contributed by atoms with Crippen LogP contribution in [-0.4, -0.2) is 30.2 Å². The molecule has 90 valence electrons. The van der Waals surface area contributed by atoms with Crippen molar-refractivity contribution < 1.29 is 0 Å². The van der Waals surface area contributed by atoms with Crippen LogP contribution in [0.15, 0.2) is 20.9 Å². The van der Waals surface area contributed by atoms with Gasteiger partial charge in [0.25, 0.3) is 0 Å². The largest absolute Gasteiger partial charge is 0.226 e. The lowest BCUT2D eigenvalue weighted by Crippen LogP contribution is -1.98. The summed E-state index contributed by atoms with van der Waals surface area (Å²) >= 11 is 4.80. The van der Waals surface area contributed by atoms with Crippen LogP contribution >= 0.6 is 27.7 Å². The highest BCUT2D eigenvalue weighted by Gasteiger charge is 2.08. The molecule has 2 heterocycles. The van der Waals surface area contributed by atoms with Crippen molar-refractivity contribution in [2.24, 2.45) is 7.05 Å². The molecule has 0 fully saturated rings. The van der Waals surface area contributed by atoms with Crippen LogP contribution in [0.2, 0.25) is 0 Å². The predicted molar refractivity (Wildman–Crippen MR) is 66.6 cm³/mol. The molecule has 0 atom stereocenters. The smallest absolute Gasteiger partial charge is 0.215 e. The van der Waals surface area contributed by atoms with E-state index in [4.69, 9.17) is 0 Å². The summed E-state index contributed by atoms with van der Waals surface area (Å²) in [5.41, 5.74) is 0. The lowest BCUT2D eigenvalue weighted by atomic mass is 10.3. The topological polar surface area (TPSA) is 69.4 Å². The molecule has 0 amide bonds. The van der Waals surface area contributed by atoms with Gasteiger partial charge in [-0.25, -0.2) is 14.6 Å². The zero-order valence-corrected chi connectivity index (χ0v) is 11.9. The molecule has 2 aromatic rings. The van der Waals surface area contributed by atoms with E-state index in [1.807, 2.05) is 6.07 Å². The number of tetrazole rings is 1. The van der Waals surface area contributed by atoms with Crippen LogP contribution in [-0.2, 0) is 13.5 Å². The number of rotatable bonds is 4. The normalized spacial score (nSPS) is 10.8. The molecule has 0 aliphatic heterocycles. The Morgan fingerprint density at radius 3 is 2.88 bits per heavy atom. The van der Waals surface area contributed by atoms with Gasteiger partial charge in [0, 0.05) is 19.5 Å². The zero-order valence-electron chi connectivity index (χ0n) is 9.46. The quantitative estimate of drug-likeness (QED) is 0.802. The number of nitrogens with zero attached hydrogens (tertiary/aromatic N) is 6. The summed E-state index contributed by atoms with van der Waals surface area (Å²) in [7, 11) is 1.80. The fraction of sp³-hybridized carbons (Fsp3) is 0.444. The fourth-order valence-corrected chi connectivity index (χ4v) is 2.56. The Morgan fingerprint density at radius 2 is 2.24 bits per heavy atom. The Morgan fingerprint density at radius 1 is 1.41 bits per heavy atom. The van der Waals surface area contributed by atoms with Crippen molar-refractivity contribution in [3.63, 3.8) is 0 Å². The van der Waals surface area contributed by atoms with Crippen molar-refractivity contribution in [1.82, 2.24) is 30.2 Å².